The highest BCUT2D eigenvalue weighted by Crippen LogP contribution is 2.12. The monoisotopic (exact) mass is 190 g/mol. The fourth-order valence-corrected chi connectivity index (χ4v) is 1.46. The Hall–Kier alpha value is -1.68. The van der Waals surface area contributed by atoms with Gasteiger partial charge in [0.05, 0.1) is 17.5 Å². The lowest BCUT2D eigenvalue weighted by Crippen LogP contribution is -2.10. The number of aromatic amines is 1. The van der Waals surface area contributed by atoms with Crippen LogP contribution in [0.1, 0.15) is 11.4 Å². The second-order valence-electron chi connectivity index (χ2n) is 3.12. The first kappa shape index (κ1) is 8.90. The quantitative estimate of drug-likeness (QED) is 0.696. The summed E-state index contributed by atoms with van der Waals surface area (Å²) in [6.45, 7) is 1.61. The van der Waals surface area contributed by atoms with Gasteiger partial charge in [-0.15, -0.1) is 0 Å². The van der Waals surface area contributed by atoms with E-state index in [0.29, 0.717) is 22.3 Å². The Labute approximate surface area is 80.2 Å². The van der Waals surface area contributed by atoms with Gasteiger partial charge in [0.15, 0.2) is 0 Å². The van der Waals surface area contributed by atoms with Crippen LogP contribution in [-0.4, -0.2) is 15.1 Å². The number of aliphatic hydroxyl groups excluding tert-OH is 1. The number of rotatable bonds is 1. The Morgan fingerprint density at radius 2 is 2.29 bits per heavy atom. The van der Waals surface area contributed by atoms with Crippen LogP contribution in [-0.2, 0) is 6.61 Å². The van der Waals surface area contributed by atoms with Crippen LogP contribution in [0.25, 0.3) is 10.9 Å². The molecule has 0 aliphatic carbocycles. The molecule has 0 radical (unpaired) electrons. The van der Waals surface area contributed by atoms with E-state index in [0.717, 1.165) is 0 Å². The highest BCUT2D eigenvalue weighted by atomic mass is 16.3. The zero-order valence-electron chi connectivity index (χ0n) is 7.74. The summed E-state index contributed by atoms with van der Waals surface area (Å²) in [5.74, 6) is 0.559. The highest BCUT2D eigenvalue weighted by Gasteiger charge is 2.04. The number of aromatic nitrogens is 2. The van der Waals surface area contributed by atoms with Crippen LogP contribution < -0.4 is 5.56 Å². The van der Waals surface area contributed by atoms with E-state index in [1.165, 1.54) is 0 Å². The Kier molecular flexibility index (Phi) is 2.05. The number of nitrogens with one attached hydrogen (secondary N) is 1. The minimum Gasteiger partial charge on any atom is -0.392 e. The van der Waals surface area contributed by atoms with Crippen molar-refractivity contribution in [1.82, 2.24) is 9.97 Å². The van der Waals surface area contributed by atoms with Crippen LogP contribution in [0.15, 0.2) is 23.0 Å². The smallest absolute Gasteiger partial charge is 0.258 e. The fraction of sp³-hybridized carbons (Fsp3) is 0.200. The van der Waals surface area contributed by atoms with Gasteiger partial charge in [-0.2, -0.15) is 0 Å². The summed E-state index contributed by atoms with van der Waals surface area (Å²) in [5.41, 5.74) is 1.09. The molecule has 72 valence electrons. The van der Waals surface area contributed by atoms with Crippen LogP contribution in [0.5, 0.6) is 0 Å². The van der Waals surface area contributed by atoms with Crippen LogP contribution in [0.4, 0.5) is 0 Å². The Bertz CT molecular complexity index is 531. The Morgan fingerprint density at radius 1 is 1.50 bits per heavy atom. The van der Waals surface area contributed by atoms with E-state index in [4.69, 9.17) is 5.11 Å². The molecular weight excluding hydrogens is 180 g/mol. The predicted molar refractivity (Wildman–Crippen MR) is 53.0 cm³/mol. The summed E-state index contributed by atoms with van der Waals surface area (Å²) in [7, 11) is 0. The van der Waals surface area contributed by atoms with E-state index in [-0.39, 0.29) is 12.2 Å². The lowest BCUT2D eigenvalue weighted by molar-refractivity contribution is 0.283. The van der Waals surface area contributed by atoms with Gasteiger partial charge in [0.1, 0.15) is 5.82 Å². The number of benzene rings is 1. The summed E-state index contributed by atoms with van der Waals surface area (Å²) < 4.78 is 0. The number of para-hydroxylation sites is 1. The maximum atomic E-state index is 11.5. The molecule has 0 unspecified atom stereocenters. The molecule has 1 aromatic heterocycles. The van der Waals surface area contributed by atoms with Crippen LogP contribution in [0, 0.1) is 6.92 Å². The second kappa shape index (κ2) is 3.23. The maximum absolute atomic E-state index is 11.5. The van der Waals surface area contributed by atoms with Gasteiger partial charge in [-0.1, -0.05) is 12.1 Å². The first-order valence-electron chi connectivity index (χ1n) is 4.32. The molecule has 0 saturated heterocycles. The maximum Gasteiger partial charge on any atom is 0.258 e. The van der Waals surface area contributed by atoms with E-state index < -0.39 is 0 Å². The van der Waals surface area contributed by atoms with Crippen molar-refractivity contribution in [1.29, 1.82) is 0 Å². The molecule has 0 saturated carbocycles. The summed E-state index contributed by atoms with van der Waals surface area (Å²) in [6, 6.07) is 5.19. The molecule has 4 nitrogen and oxygen atoms in total. The van der Waals surface area contributed by atoms with Crippen molar-refractivity contribution >= 4 is 10.9 Å². The average Bonchev–Trinajstić information content (AvgIpc) is 2.17. The van der Waals surface area contributed by atoms with Crippen molar-refractivity contribution < 1.29 is 5.11 Å². The normalized spacial score (nSPS) is 10.7. The zero-order chi connectivity index (χ0) is 10.1. The van der Waals surface area contributed by atoms with Gasteiger partial charge in [-0.25, -0.2) is 4.98 Å². The fourth-order valence-electron chi connectivity index (χ4n) is 1.46. The van der Waals surface area contributed by atoms with Crippen molar-refractivity contribution in [3.63, 3.8) is 0 Å². The molecule has 0 atom stereocenters. The van der Waals surface area contributed by atoms with E-state index in [9.17, 15) is 4.79 Å². The molecule has 1 heterocycles. The lowest BCUT2D eigenvalue weighted by atomic mass is 10.1. The minimum absolute atomic E-state index is 0.104. The van der Waals surface area contributed by atoms with E-state index in [1.807, 2.05) is 0 Å². The third-order valence-electron chi connectivity index (χ3n) is 2.11. The van der Waals surface area contributed by atoms with Crippen LogP contribution in [0.3, 0.4) is 0 Å². The molecule has 1 aromatic carbocycles. The SMILES string of the molecule is Cc1nc2c(CO)cccc2c(=O)[nH]1. The van der Waals surface area contributed by atoms with Gasteiger partial charge in [0.25, 0.3) is 5.56 Å². The van der Waals surface area contributed by atoms with Crippen molar-refractivity contribution in [2.75, 3.05) is 0 Å². The van der Waals surface area contributed by atoms with Crippen molar-refractivity contribution in [3.05, 3.63) is 39.9 Å². The van der Waals surface area contributed by atoms with Crippen molar-refractivity contribution in [2.45, 2.75) is 13.5 Å². The van der Waals surface area contributed by atoms with Gasteiger partial charge < -0.3 is 10.1 Å². The molecule has 0 amide bonds. The molecular formula is C10H10N2O2. The minimum atomic E-state index is -0.164. The third-order valence-corrected chi connectivity index (χ3v) is 2.11. The summed E-state index contributed by atoms with van der Waals surface area (Å²) in [6.07, 6.45) is 0. The Morgan fingerprint density at radius 3 is 3.00 bits per heavy atom. The van der Waals surface area contributed by atoms with E-state index in [1.54, 1.807) is 25.1 Å². The number of aliphatic hydroxyl groups is 1. The van der Waals surface area contributed by atoms with Crippen molar-refractivity contribution in [2.24, 2.45) is 0 Å². The first-order valence-corrected chi connectivity index (χ1v) is 4.32. The number of hydrogen-bond acceptors (Lipinski definition) is 3. The standard InChI is InChI=1S/C10H10N2O2/c1-6-11-9-7(5-13)3-2-4-8(9)10(14)12-6/h2-4,13H,5H2,1H3,(H,11,12,14). The van der Waals surface area contributed by atoms with Crippen LogP contribution >= 0.6 is 0 Å². The number of fused-ring (bicyclic) bond motifs is 1. The molecule has 2 N–H and O–H groups in total. The molecule has 2 aromatic rings. The van der Waals surface area contributed by atoms with Gasteiger partial charge in [-0.05, 0) is 13.0 Å². The number of hydrogen-bond donors (Lipinski definition) is 2. The van der Waals surface area contributed by atoms with E-state index >= 15 is 0 Å². The molecule has 0 fully saturated rings. The molecule has 0 bridgehead atoms. The number of aryl methyl sites for hydroxylation is 1. The molecule has 14 heavy (non-hydrogen) atoms. The highest BCUT2D eigenvalue weighted by molar-refractivity contribution is 5.80. The van der Waals surface area contributed by atoms with Crippen LogP contribution in [0.2, 0.25) is 0 Å². The molecule has 0 spiro atoms. The van der Waals surface area contributed by atoms with Gasteiger partial charge in [-0.3, -0.25) is 4.79 Å². The second-order valence-corrected chi connectivity index (χ2v) is 3.12. The predicted octanol–water partition coefficient (Wildman–Crippen LogP) is 0.724. The Balaban J connectivity index is 2.94. The summed E-state index contributed by atoms with van der Waals surface area (Å²) in [5, 5.41) is 9.58. The summed E-state index contributed by atoms with van der Waals surface area (Å²) >= 11 is 0. The number of H-pyrrole nitrogens is 1. The van der Waals surface area contributed by atoms with E-state index in [2.05, 4.69) is 9.97 Å². The lowest BCUT2D eigenvalue weighted by Gasteiger charge is -2.02. The molecule has 4 heteroatoms. The van der Waals surface area contributed by atoms with Gasteiger partial charge >= 0.3 is 0 Å². The summed E-state index contributed by atoms with van der Waals surface area (Å²) in [4.78, 5) is 18.3. The van der Waals surface area contributed by atoms with Crippen molar-refractivity contribution in [3.8, 4) is 0 Å². The molecule has 0 aliphatic heterocycles. The zero-order valence-corrected chi connectivity index (χ0v) is 7.74. The average molecular weight is 190 g/mol. The van der Waals surface area contributed by atoms with Gasteiger partial charge in [0.2, 0.25) is 0 Å². The van der Waals surface area contributed by atoms with Gasteiger partial charge in [0, 0.05) is 5.56 Å². The number of nitrogens with zero attached hydrogens (tertiary/aromatic N) is 1. The molecule has 0 aliphatic rings. The topological polar surface area (TPSA) is 66.0 Å². The molecule has 2 rings (SSSR count). The largest absolute Gasteiger partial charge is 0.392 e. The first-order chi connectivity index (χ1) is 6.72. The third kappa shape index (κ3) is 1.29.